The number of hydrogen-bond acceptors (Lipinski definition) is 5. The summed E-state index contributed by atoms with van der Waals surface area (Å²) < 4.78 is 11.0. The van der Waals surface area contributed by atoms with Gasteiger partial charge >= 0.3 is 12.1 Å². The molecule has 0 saturated carbocycles. The average molecular weight is 481 g/mol. The first-order chi connectivity index (χ1) is 16.8. The predicted octanol–water partition coefficient (Wildman–Crippen LogP) is 3.79. The van der Waals surface area contributed by atoms with Crippen LogP contribution in [-0.2, 0) is 19.1 Å². The van der Waals surface area contributed by atoms with Crippen molar-refractivity contribution < 1.29 is 29.0 Å². The number of carboxylic acid groups (broad SMARTS) is 1. The Morgan fingerprint density at radius 3 is 2.37 bits per heavy atom. The minimum atomic E-state index is -1.42. The fraction of sp³-hybridized carbons (Fsp3) is 0.444. The fourth-order valence-electron chi connectivity index (χ4n) is 4.93. The maximum atomic E-state index is 12.9. The molecule has 1 aliphatic carbocycles. The van der Waals surface area contributed by atoms with Crippen molar-refractivity contribution in [2.24, 2.45) is 0 Å². The second kappa shape index (κ2) is 10.5. The minimum Gasteiger partial charge on any atom is -0.479 e. The van der Waals surface area contributed by atoms with Gasteiger partial charge in [0.25, 0.3) is 0 Å². The highest BCUT2D eigenvalue weighted by Gasteiger charge is 2.41. The van der Waals surface area contributed by atoms with E-state index >= 15 is 0 Å². The van der Waals surface area contributed by atoms with E-state index in [0.29, 0.717) is 13.0 Å². The van der Waals surface area contributed by atoms with Gasteiger partial charge < -0.3 is 24.8 Å². The summed E-state index contributed by atoms with van der Waals surface area (Å²) in [5, 5.41) is 12.3. The first-order valence-electron chi connectivity index (χ1n) is 12.1. The summed E-state index contributed by atoms with van der Waals surface area (Å²) in [4.78, 5) is 38.6. The van der Waals surface area contributed by atoms with Gasteiger partial charge in [-0.05, 0) is 35.6 Å². The van der Waals surface area contributed by atoms with Crippen LogP contribution >= 0.6 is 0 Å². The van der Waals surface area contributed by atoms with Gasteiger partial charge in [0.05, 0.1) is 13.2 Å². The lowest BCUT2D eigenvalue weighted by molar-refractivity contribution is -0.177. The third-order valence-electron chi connectivity index (χ3n) is 6.80. The van der Waals surface area contributed by atoms with Gasteiger partial charge in [-0.1, -0.05) is 61.9 Å². The average Bonchev–Trinajstić information content (AvgIpc) is 3.16. The summed E-state index contributed by atoms with van der Waals surface area (Å²) in [5.41, 5.74) is 3.16. The number of aliphatic carboxylic acids is 1. The van der Waals surface area contributed by atoms with Crippen molar-refractivity contribution in [2.75, 3.05) is 26.3 Å². The first kappa shape index (κ1) is 24.7. The molecule has 1 aliphatic heterocycles. The number of carbonyl (C=O) groups excluding carboxylic acids is 2. The molecule has 2 atom stereocenters. The molecular formula is C27H32N2O6. The van der Waals surface area contributed by atoms with Crippen LogP contribution in [-0.4, -0.2) is 65.9 Å². The number of nitrogens with zero attached hydrogens (tertiary/aromatic N) is 1. The molecule has 2 aliphatic rings. The molecule has 2 amide bonds. The van der Waals surface area contributed by atoms with Gasteiger partial charge in [-0.3, -0.25) is 4.79 Å². The number of nitrogens with one attached hydrogen (secondary N) is 1. The van der Waals surface area contributed by atoms with Crippen LogP contribution < -0.4 is 5.32 Å². The fourth-order valence-corrected chi connectivity index (χ4v) is 4.93. The van der Waals surface area contributed by atoms with Crippen LogP contribution in [0.1, 0.15) is 50.2 Å². The van der Waals surface area contributed by atoms with Gasteiger partial charge in [0, 0.05) is 24.9 Å². The highest BCUT2D eigenvalue weighted by molar-refractivity contribution is 5.82. The normalized spacial score (nSPS) is 20.0. The van der Waals surface area contributed by atoms with Gasteiger partial charge in [0.1, 0.15) is 6.61 Å². The van der Waals surface area contributed by atoms with Crippen molar-refractivity contribution in [1.29, 1.82) is 0 Å². The van der Waals surface area contributed by atoms with Crippen molar-refractivity contribution in [3.63, 3.8) is 0 Å². The van der Waals surface area contributed by atoms with Crippen molar-refractivity contribution in [1.82, 2.24) is 10.2 Å². The molecule has 1 heterocycles. The lowest BCUT2D eigenvalue weighted by Crippen LogP contribution is -2.56. The number of fused-ring (bicyclic) bond motifs is 3. The van der Waals surface area contributed by atoms with E-state index in [1.807, 2.05) is 31.2 Å². The number of alkyl carbamates (subject to hydrolysis) is 1. The number of amides is 2. The maximum Gasteiger partial charge on any atom is 0.407 e. The zero-order chi connectivity index (χ0) is 25.0. The van der Waals surface area contributed by atoms with Crippen molar-refractivity contribution >= 4 is 18.0 Å². The van der Waals surface area contributed by atoms with E-state index in [1.165, 1.54) is 11.8 Å². The Labute approximate surface area is 205 Å². The zero-order valence-corrected chi connectivity index (χ0v) is 20.2. The summed E-state index contributed by atoms with van der Waals surface area (Å²) in [6.07, 6.45) is 0.900. The predicted molar refractivity (Wildman–Crippen MR) is 130 cm³/mol. The van der Waals surface area contributed by atoms with Gasteiger partial charge in [-0.15, -0.1) is 0 Å². The van der Waals surface area contributed by atoms with Gasteiger partial charge in [0.15, 0.2) is 5.60 Å². The molecule has 0 bridgehead atoms. The molecule has 186 valence electrons. The molecule has 8 heteroatoms. The number of carbonyl (C=O) groups is 3. The topological polar surface area (TPSA) is 105 Å². The zero-order valence-electron chi connectivity index (χ0n) is 20.2. The highest BCUT2D eigenvalue weighted by Crippen LogP contribution is 2.44. The lowest BCUT2D eigenvalue weighted by Gasteiger charge is -2.38. The van der Waals surface area contributed by atoms with E-state index in [4.69, 9.17) is 9.47 Å². The Kier molecular flexibility index (Phi) is 7.40. The maximum absolute atomic E-state index is 12.9. The lowest BCUT2D eigenvalue weighted by atomic mass is 9.98. The second-order valence-electron chi connectivity index (χ2n) is 9.36. The number of rotatable bonds is 8. The van der Waals surface area contributed by atoms with Crippen LogP contribution in [0.15, 0.2) is 48.5 Å². The van der Waals surface area contributed by atoms with Crippen LogP contribution in [0.2, 0.25) is 0 Å². The molecule has 2 aromatic rings. The molecule has 2 aromatic carbocycles. The summed E-state index contributed by atoms with van der Waals surface area (Å²) in [6, 6.07) is 15.9. The summed E-state index contributed by atoms with van der Waals surface area (Å²) in [7, 11) is 0. The minimum absolute atomic E-state index is 0.0229. The molecular weight excluding hydrogens is 448 g/mol. The second-order valence-corrected chi connectivity index (χ2v) is 9.36. The van der Waals surface area contributed by atoms with E-state index in [-0.39, 0.29) is 38.0 Å². The van der Waals surface area contributed by atoms with Crippen molar-refractivity contribution in [2.45, 2.75) is 50.7 Å². The van der Waals surface area contributed by atoms with Crippen LogP contribution in [0.25, 0.3) is 11.1 Å². The first-order valence-corrected chi connectivity index (χ1v) is 12.1. The largest absolute Gasteiger partial charge is 0.479 e. The summed E-state index contributed by atoms with van der Waals surface area (Å²) in [5.74, 6) is -1.35. The number of morpholine rings is 1. The Morgan fingerprint density at radius 2 is 1.77 bits per heavy atom. The Hall–Kier alpha value is -3.39. The molecule has 0 spiro atoms. The number of carboxylic acids is 1. The Balaban J connectivity index is 1.36. The molecule has 35 heavy (non-hydrogen) atoms. The number of benzene rings is 2. The monoisotopic (exact) mass is 480 g/mol. The Morgan fingerprint density at radius 1 is 1.14 bits per heavy atom. The Bertz CT molecular complexity index is 1060. The molecule has 0 aromatic heterocycles. The molecule has 8 nitrogen and oxygen atoms in total. The third kappa shape index (κ3) is 5.32. The van der Waals surface area contributed by atoms with E-state index < -0.39 is 23.7 Å². The van der Waals surface area contributed by atoms with Gasteiger partial charge in [-0.2, -0.15) is 0 Å². The summed E-state index contributed by atoms with van der Waals surface area (Å²) >= 11 is 0. The standard InChI is InChI=1S/C27H32N2O6/c1-3-8-18(15-24(30)29-13-14-35-27(2,17-29)25(31)32)28-26(33)34-16-23-21-11-6-4-9-19(21)20-10-5-7-12-22(20)23/h4-7,9-12,18,23H,3,8,13-17H2,1-2H3,(H,28,33)(H,31,32)/t18-,27?/m1/s1. The number of hydrogen-bond donors (Lipinski definition) is 2. The molecule has 1 saturated heterocycles. The summed E-state index contributed by atoms with van der Waals surface area (Å²) in [6.45, 7) is 4.11. The molecule has 1 unspecified atom stereocenters. The van der Waals surface area contributed by atoms with Crippen LogP contribution in [0.5, 0.6) is 0 Å². The van der Waals surface area contributed by atoms with Crippen LogP contribution in [0.3, 0.4) is 0 Å². The van der Waals surface area contributed by atoms with Gasteiger partial charge in [-0.25, -0.2) is 9.59 Å². The molecule has 0 radical (unpaired) electrons. The van der Waals surface area contributed by atoms with Crippen molar-refractivity contribution in [3.8, 4) is 11.1 Å². The number of ether oxygens (including phenoxy) is 2. The van der Waals surface area contributed by atoms with Crippen LogP contribution in [0.4, 0.5) is 4.79 Å². The van der Waals surface area contributed by atoms with Crippen LogP contribution in [0, 0.1) is 0 Å². The third-order valence-corrected chi connectivity index (χ3v) is 6.80. The molecule has 2 N–H and O–H groups in total. The van der Waals surface area contributed by atoms with E-state index in [0.717, 1.165) is 28.7 Å². The SMILES string of the molecule is CCC[C@H](CC(=O)N1CCOC(C)(C(=O)O)C1)NC(=O)OCC1c2ccccc2-c2ccccc21. The molecule has 4 rings (SSSR count). The van der Waals surface area contributed by atoms with E-state index in [2.05, 4.69) is 29.6 Å². The van der Waals surface area contributed by atoms with E-state index in [9.17, 15) is 19.5 Å². The van der Waals surface area contributed by atoms with Crippen molar-refractivity contribution in [3.05, 3.63) is 59.7 Å². The smallest absolute Gasteiger partial charge is 0.407 e. The quantitative estimate of drug-likeness (QED) is 0.596. The van der Waals surface area contributed by atoms with Gasteiger partial charge in [0.2, 0.25) is 5.91 Å². The molecule has 1 fully saturated rings. The highest BCUT2D eigenvalue weighted by atomic mass is 16.5. The van der Waals surface area contributed by atoms with E-state index in [1.54, 1.807) is 0 Å².